The highest BCUT2D eigenvalue weighted by molar-refractivity contribution is 5.95. The molecule has 2 N–H and O–H groups in total. The van der Waals surface area contributed by atoms with E-state index in [9.17, 15) is 14.4 Å². The van der Waals surface area contributed by atoms with E-state index in [1.54, 1.807) is 24.3 Å². The number of benzene rings is 1. The van der Waals surface area contributed by atoms with Crippen molar-refractivity contribution in [1.29, 1.82) is 0 Å². The van der Waals surface area contributed by atoms with Gasteiger partial charge in [-0.05, 0) is 62.9 Å². The van der Waals surface area contributed by atoms with Gasteiger partial charge in [-0.1, -0.05) is 6.92 Å². The molecule has 0 aliphatic carbocycles. The third-order valence-corrected chi connectivity index (χ3v) is 4.90. The van der Waals surface area contributed by atoms with Crippen molar-refractivity contribution in [3.8, 4) is 0 Å². The number of piperidine rings is 1. The third-order valence-electron chi connectivity index (χ3n) is 4.90. The van der Waals surface area contributed by atoms with Gasteiger partial charge >= 0.3 is 0 Å². The number of nitrogens with zero attached hydrogens (tertiary/aromatic N) is 1. The summed E-state index contributed by atoms with van der Waals surface area (Å²) in [5, 5.41) is 5.89. The van der Waals surface area contributed by atoms with Gasteiger partial charge in [-0.2, -0.15) is 0 Å². The van der Waals surface area contributed by atoms with Crippen LogP contribution in [-0.4, -0.2) is 48.7 Å². The smallest absolute Gasteiger partial charge is 0.225 e. The highest BCUT2D eigenvalue weighted by Gasteiger charge is 2.20. The van der Waals surface area contributed by atoms with Gasteiger partial charge in [0.1, 0.15) is 0 Å². The van der Waals surface area contributed by atoms with Gasteiger partial charge in [-0.15, -0.1) is 0 Å². The molecule has 27 heavy (non-hydrogen) atoms. The Kier molecular flexibility index (Phi) is 8.45. The Morgan fingerprint density at radius 2 is 1.85 bits per heavy atom. The Morgan fingerprint density at radius 3 is 2.52 bits per heavy atom. The average Bonchev–Trinajstić information content (AvgIpc) is 2.66. The second-order valence-corrected chi connectivity index (χ2v) is 7.29. The van der Waals surface area contributed by atoms with Crippen molar-refractivity contribution in [3.05, 3.63) is 29.8 Å². The SMILES string of the molecule is CCCC(=O)NCC1CCCN(CCC(=O)Nc2ccc(C(C)=O)cc2)C1. The first-order chi connectivity index (χ1) is 13.0. The molecule has 2 amide bonds. The molecule has 0 spiro atoms. The summed E-state index contributed by atoms with van der Waals surface area (Å²) in [6, 6.07) is 6.95. The van der Waals surface area contributed by atoms with E-state index in [4.69, 9.17) is 0 Å². The molecule has 0 aromatic heterocycles. The lowest BCUT2D eigenvalue weighted by molar-refractivity contribution is -0.121. The van der Waals surface area contributed by atoms with Gasteiger partial charge < -0.3 is 15.5 Å². The third kappa shape index (κ3) is 7.51. The molecule has 1 fully saturated rings. The number of Topliss-reactive ketones (excluding diaryl/α,β-unsaturated/α-hetero) is 1. The molecule has 6 nitrogen and oxygen atoms in total. The molecule has 1 unspecified atom stereocenters. The summed E-state index contributed by atoms with van der Waals surface area (Å²) >= 11 is 0. The lowest BCUT2D eigenvalue weighted by atomic mass is 9.97. The van der Waals surface area contributed by atoms with Crippen LogP contribution in [0.15, 0.2) is 24.3 Å². The van der Waals surface area contributed by atoms with Crippen LogP contribution >= 0.6 is 0 Å². The molecule has 1 heterocycles. The minimum atomic E-state index is -0.0241. The number of carbonyl (C=O) groups excluding carboxylic acids is 3. The minimum Gasteiger partial charge on any atom is -0.356 e. The van der Waals surface area contributed by atoms with Gasteiger partial charge in [0.2, 0.25) is 11.8 Å². The molecule has 2 rings (SSSR count). The number of rotatable bonds is 9. The summed E-state index contributed by atoms with van der Waals surface area (Å²) in [4.78, 5) is 37.4. The Labute approximate surface area is 161 Å². The number of amides is 2. The van der Waals surface area contributed by atoms with Gasteiger partial charge in [-0.3, -0.25) is 14.4 Å². The topological polar surface area (TPSA) is 78.5 Å². The van der Waals surface area contributed by atoms with E-state index in [1.807, 2.05) is 6.92 Å². The van der Waals surface area contributed by atoms with Crippen molar-refractivity contribution in [2.75, 3.05) is 31.5 Å². The zero-order valence-corrected chi connectivity index (χ0v) is 16.4. The highest BCUT2D eigenvalue weighted by Crippen LogP contribution is 2.16. The maximum absolute atomic E-state index is 12.2. The standard InChI is InChI=1S/C21H31N3O3/c1-3-5-20(26)22-14-17-6-4-12-24(15-17)13-11-21(27)23-19-9-7-18(8-10-19)16(2)25/h7-10,17H,3-6,11-15H2,1-2H3,(H,22,26)(H,23,27). The Bertz CT molecular complexity index is 643. The molecule has 0 bridgehead atoms. The normalized spacial score (nSPS) is 17.3. The number of carbonyl (C=O) groups is 3. The van der Waals surface area contributed by atoms with Crippen molar-refractivity contribution in [2.45, 2.75) is 46.0 Å². The molecule has 1 aliphatic rings. The van der Waals surface area contributed by atoms with Gasteiger partial charge in [0.15, 0.2) is 5.78 Å². The lowest BCUT2D eigenvalue weighted by Gasteiger charge is -2.32. The van der Waals surface area contributed by atoms with E-state index in [0.717, 1.165) is 45.4 Å². The van der Waals surface area contributed by atoms with Crippen LogP contribution in [0.1, 0.15) is 56.3 Å². The van der Waals surface area contributed by atoms with Crippen LogP contribution in [0.3, 0.4) is 0 Å². The van der Waals surface area contributed by atoms with Crippen molar-refractivity contribution < 1.29 is 14.4 Å². The predicted molar refractivity (Wildman–Crippen MR) is 107 cm³/mol. The minimum absolute atomic E-state index is 0.0124. The summed E-state index contributed by atoms with van der Waals surface area (Å²) in [5.41, 5.74) is 1.35. The number of ketones is 1. The number of likely N-dealkylation sites (tertiary alicyclic amines) is 1. The van der Waals surface area contributed by atoms with Gasteiger partial charge in [-0.25, -0.2) is 0 Å². The van der Waals surface area contributed by atoms with Crippen molar-refractivity contribution in [3.63, 3.8) is 0 Å². The number of nitrogens with one attached hydrogen (secondary N) is 2. The Balaban J connectivity index is 1.71. The maximum atomic E-state index is 12.2. The molecule has 1 aromatic rings. The molecule has 0 saturated carbocycles. The molecule has 148 valence electrons. The summed E-state index contributed by atoms with van der Waals surface area (Å²) in [7, 11) is 0. The zero-order valence-electron chi connectivity index (χ0n) is 16.4. The van der Waals surface area contributed by atoms with Crippen LogP contribution in [-0.2, 0) is 9.59 Å². The van der Waals surface area contributed by atoms with Crippen LogP contribution in [0.4, 0.5) is 5.69 Å². The average molecular weight is 373 g/mol. The van der Waals surface area contributed by atoms with Crippen LogP contribution in [0.5, 0.6) is 0 Å². The predicted octanol–water partition coefficient (Wildman–Crippen LogP) is 2.85. The van der Waals surface area contributed by atoms with Crippen molar-refractivity contribution in [2.24, 2.45) is 5.92 Å². The number of hydrogen-bond acceptors (Lipinski definition) is 4. The van der Waals surface area contributed by atoms with Gasteiger partial charge in [0.25, 0.3) is 0 Å². The number of anilines is 1. The maximum Gasteiger partial charge on any atom is 0.225 e. The summed E-state index contributed by atoms with van der Waals surface area (Å²) in [5.74, 6) is 0.578. The Morgan fingerprint density at radius 1 is 1.11 bits per heavy atom. The van der Waals surface area contributed by atoms with Crippen molar-refractivity contribution in [1.82, 2.24) is 10.2 Å². The second kappa shape index (κ2) is 10.8. The van der Waals surface area contributed by atoms with E-state index in [0.29, 0.717) is 30.0 Å². The Hall–Kier alpha value is -2.21. The van der Waals surface area contributed by atoms with E-state index in [1.165, 1.54) is 6.92 Å². The fraction of sp³-hybridized carbons (Fsp3) is 0.571. The van der Waals surface area contributed by atoms with Crippen LogP contribution < -0.4 is 10.6 Å². The monoisotopic (exact) mass is 373 g/mol. The van der Waals surface area contributed by atoms with E-state index in [-0.39, 0.29) is 17.6 Å². The second-order valence-electron chi connectivity index (χ2n) is 7.29. The molecule has 6 heteroatoms. The van der Waals surface area contributed by atoms with Crippen molar-refractivity contribution >= 4 is 23.3 Å². The first-order valence-electron chi connectivity index (χ1n) is 9.87. The quantitative estimate of drug-likeness (QED) is 0.653. The van der Waals surface area contributed by atoms with E-state index < -0.39 is 0 Å². The molecule has 0 radical (unpaired) electrons. The fourth-order valence-electron chi connectivity index (χ4n) is 3.37. The van der Waals surface area contributed by atoms with Crippen LogP contribution in [0, 0.1) is 5.92 Å². The molecule has 1 atom stereocenters. The summed E-state index contributed by atoms with van der Waals surface area (Å²) in [6.07, 6.45) is 4.11. The highest BCUT2D eigenvalue weighted by atomic mass is 16.2. The van der Waals surface area contributed by atoms with Gasteiger partial charge in [0.05, 0.1) is 0 Å². The lowest BCUT2D eigenvalue weighted by Crippen LogP contribution is -2.41. The summed E-state index contributed by atoms with van der Waals surface area (Å²) < 4.78 is 0. The molecule has 1 aromatic carbocycles. The summed E-state index contributed by atoms with van der Waals surface area (Å²) in [6.45, 7) is 6.90. The number of hydrogen-bond donors (Lipinski definition) is 2. The first kappa shape index (κ1) is 21.1. The van der Waals surface area contributed by atoms with Crippen LogP contribution in [0.25, 0.3) is 0 Å². The first-order valence-corrected chi connectivity index (χ1v) is 9.87. The molecule has 1 aliphatic heterocycles. The zero-order chi connectivity index (χ0) is 19.6. The van der Waals surface area contributed by atoms with E-state index in [2.05, 4.69) is 15.5 Å². The van der Waals surface area contributed by atoms with Gasteiger partial charge in [0, 0.05) is 43.7 Å². The van der Waals surface area contributed by atoms with E-state index >= 15 is 0 Å². The molecule has 1 saturated heterocycles. The fourth-order valence-corrected chi connectivity index (χ4v) is 3.37. The molecular weight excluding hydrogens is 342 g/mol. The van der Waals surface area contributed by atoms with Crippen LogP contribution in [0.2, 0.25) is 0 Å². The molecular formula is C21H31N3O3. The largest absolute Gasteiger partial charge is 0.356 e.